The standard InChI is InChI=1S/C31H39N3O5/c1-7-34(29(37)26(18-20(2)3)33-30(38)39-31(4,5)6)27(22-13-16-25(35)17-14-22)28(36)32-24-15-12-21-10-8-9-11-23(21)19-24/h8-17,19-20,26-27,35H,7,18H2,1-6H3,(H,32,36)(H,33,38). The van der Waals surface area contributed by atoms with E-state index >= 15 is 0 Å². The third-order valence-electron chi connectivity index (χ3n) is 6.11. The highest BCUT2D eigenvalue weighted by molar-refractivity contribution is 6.00. The van der Waals surface area contributed by atoms with Crippen LogP contribution in [0.4, 0.5) is 10.5 Å². The highest BCUT2D eigenvalue weighted by Crippen LogP contribution is 2.27. The number of anilines is 1. The minimum Gasteiger partial charge on any atom is -0.508 e. The smallest absolute Gasteiger partial charge is 0.408 e. The second kappa shape index (κ2) is 12.7. The number of ether oxygens (including phenoxy) is 1. The van der Waals surface area contributed by atoms with Crippen molar-refractivity contribution in [1.82, 2.24) is 10.2 Å². The lowest BCUT2D eigenvalue weighted by atomic mass is 9.99. The normalized spacial score (nSPS) is 13.0. The van der Waals surface area contributed by atoms with Crippen molar-refractivity contribution in [3.8, 4) is 5.75 Å². The number of hydrogen-bond donors (Lipinski definition) is 3. The van der Waals surface area contributed by atoms with Gasteiger partial charge in [-0.1, -0.05) is 56.3 Å². The van der Waals surface area contributed by atoms with Crippen LogP contribution in [0.3, 0.4) is 0 Å². The van der Waals surface area contributed by atoms with Gasteiger partial charge >= 0.3 is 6.09 Å². The Morgan fingerprint density at radius 2 is 1.59 bits per heavy atom. The third-order valence-corrected chi connectivity index (χ3v) is 6.11. The molecule has 0 bridgehead atoms. The fraction of sp³-hybridized carbons (Fsp3) is 0.387. The van der Waals surface area contributed by atoms with Crippen LogP contribution in [0.25, 0.3) is 10.8 Å². The summed E-state index contributed by atoms with van der Waals surface area (Å²) in [6, 6.07) is 17.7. The van der Waals surface area contributed by atoms with E-state index in [0.717, 1.165) is 10.8 Å². The summed E-state index contributed by atoms with van der Waals surface area (Å²) in [7, 11) is 0. The van der Waals surface area contributed by atoms with Crippen molar-refractivity contribution in [1.29, 1.82) is 0 Å². The Labute approximate surface area is 230 Å². The van der Waals surface area contributed by atoms with Crippen LogP contribution in [-0.4, -0.2) is 46.1 Å². The van der Waals surface area contributed by atoms with Crippen molar-refractivity contribution in [3.63, 3.8) is 0 Å². The van der Waals surface area contributed by atoms with Crippen LogP contribution in [0.5, 0.6) is 5.75 Å². The first-order valence-corrected chi connectivity index (χ1v) is 13.3. The summed E-state index contributed by atoms with van der Waals surface area (Å²) in [5.74, 6) is -0.673. The summed E-state index contributed by atoms with van der Waals surface area (Å²) in [5, 5.41) is 17.5. The zero-order valence-electron chi connectivity index (χ0n) is 23.5. The van der Waals surface area contributed by atoms with E-state index in [1.165, 1.54) is 17.0 Å². The SMILES string of the molecule is CCN(C(=O)C(CC(C)C)NC(=O)OC(C)(C)C)C(C(=O)Nc1ccc2ccccc2c1)c1ccc(O)cc1. The molecule has 0 saturated carbocycles. The molecule has 3 N–H and O–H groups in total. The number of carbonyl (C=O) groups is 3. The Kier molecular flexibility index (Phi) is 9.56. The van der Waals surface area contributed by atoms with Gasteiger partial charge in [0.25, 0.3) is 5.91 Å². The fourth-order valence-electron chi connectivity index (χ4n) is 4.42. The summed E-state index contributed by atoms with van der Waals surface area (Å²) < 4.78 is 5.41. The molecule has 39 heavy (non-hydrogen) atoms. The molecular weight excluding hydrogens is 494 g/mol. The van der Waals surface area contributed by atoms with Crippen molar-refractivity contribution in [2.24, 2.45) is 5.92 Å². The first kappa shape index (κ1) is 29.5. The third kappa shape index (κ3) is 8.21. The minimum absolute atomic E-state index is 0.0473. The first-order chi connectivity index (χ1) is 18.4. The molecule has 0 heterocycles. The zero-order valence-corrected chi connectivity index (χ0v) is 23.5. The van der Waals surface area contributed by atoms with Crippen LogP contribution in [0, 0.1) is 5.92 Å². The van der Waals surface area contributed by atoms with Crippen LogP contribution in [0.15, 0.2) is 66.7 Å². The van der Waals surface area contributed by atoms with E-state index in [1.54, 1.807) is 39.8 Å². The molecule has 0 radical (unpaired) electrons. The molecule has 208 valence electrons. The predicted molar refractivity (Wildman–Crippen MR) is 153 cm³/mol. The van der Waals surface area contributed by atoms with E-state index in [2.05, 4.69) is 10.6 Å². The molecule has 2 atom stereocenters. The van der Waals surface area contributed by atoms with Gasteiger partial charge in [-0.2, -0.15) is 0 Å². The second-order valence-electron chi connectivity index (χ2n) is 11.0. The molecule has 0 saturated heterocycles. The van der Waals surface area contributed by atoms with Gasteiger partial charge in [0.15, 0.2) is 0 Å². The lowest BCUT2D eigenvalue weighted by Crippen LogP contribution is -2.52. The predicted octanol–water partition coefficient (Wildman–Crippen LogP) is 6.01. The average Bonchev–Trinajstić information content (AvgIpc) is 2.85. The monoisotopic (exact) mass is 533 g/mol. The lowest BCUT2D eigenvalue weighted by Gasteiger charge is -2.34. The molecule has 3 amide bonds. The second-order valence-corrected chi connectivity index (χ2v) is 11.0. The molecule has 0 aliphatic rings. The Hall–Kier alpha value is -4.07. The summed E-state index contributed by atoms with van der Waals surface area (Å²) in [6.07, 6.45) is -0.331. The maximum Gasteiger partial charge on any atom is 0.408 e. The van der Waals surface area contributed by atoms with E-state index in [9.17, 15) is 19.5 Å². The summed E-state index contributed by atoms with van der Waals surface area (Å²) >= 11 is 0. The van der Waals surface area contributed by atoms with Crippen LogP contribution < -0.4 is 10.6 Å². The molecule has 2 unspecified atom stereocenters. The highest BCUT2D eigenvalue weighted by Gasteiger charge is 2.36. The van der Waals surface area contributed by atoms with Crippen LogP contribution in [-0.2, 0) is 14.3 Å². The Morgan fingerprint density at radius 3 is 2.18 bits per heavy atom. The number of alkyl carbamates (subject to hydrolysis) is 1. The molecule has 3 rings (SSSR count). The van der Waals surface area contributed by atoms with E-state index in [1.807, 2.05) is 56.3 Å². The van der Waals surface area contributed by atoms with Crippen LogP contribution in [0.2, 0.25) is 0 Å². The van der Waals surface area contributed by atoms with E-state index in [0.29, 0.717) is 17.7 Å². The fourth-order valence-corrected chi connectivity index (χ4v) is 4.42. The molecule has 0 aromatic heterocycles. The van der Waals surface area contributed by atoms with Crippen molar-refractivity contribution >= 4 is 34.4 Å². The van der Waals surface area contributed by atoms with Crippen molar-refractivity contribution < 1.29 is 24.2 Å². The largest absolute Gasteiger partial charge is 0.508 e. The van der Waals surface area contributed by atoms with Gasteiger partial charge in [-0.3, -0.25) is 9.59 Å². The Bertz CT molecular complexity index is 1300. The van der Waals surface area contributed by atoms with Gasteiger partial charge < -0.3 is 25.4 Å². The number of likely N-dealkylation sites (N-methyl/N-ethyl adjacent to an activating group) is 1. The van der Waals surface area contributed by atoms with Gasteiger partial charge in [0.1, 0.15) is 23.4 Å². The summed E-state index contributed by atoms with van der Waals surface area (Å²) in [6.45, 7) is 11.2. The number of phenols is 1. The van der Waals surface area contributed by atoms with E-state index in [-0.39, 0.29) is 18.2 Å². The lowest BCUT2D eigenvalue weighted by molar-refractivity contribution is -0.140. The number of amides is 3. The molecule has 3 aromatic carbocycles. The summed E-state index contributed by atoms with van der Waals surface area (Å²) in [4.78, 5) is 41.8. The number of phenolic OH excluding ortho intramolecular Hbond substituents is 1. The van der Waals surface area contributed by atoms with E-state index < -0.39 is 35.6 Å². The molecule has 8 nitrogen and oxygen atoms in total. The van der Waals surface area contributed by atoms with Gasteiger partial charge in [-0.05, 0) is 80.6 Å². The maximum absolute atomic E-state index is 14.0. The Balaban J connectivity index is 1.95. The molecule has 8 heteroatoms. The Morgan fingerprint density at radius 1 is 0.949 bits per heavy atom. The highest BCUT2D eigenvalue weighted by atomic mass is 16.6. The first-order valence-electron chi connectivity index (χ1n) is 13.3. The minimum atomic E-state index is -1.01. The topological polar surface area (TPSA) is 108 Å². The van der Waals surface area contributed by atoms with Crippen molar-refractivity contribution in [2.75, 3.05) is 11.9 Å². The molecular formula is C31H39N3O5. The number of fused-ring (bicyclic) bond motifs is 1. The number of aromatic hydroxyl groups is 1. The van der Waals surface area contributed by atoms with Gasteiger partial charge in [-0.25, -0.2) is 4.79 Å². The van der Waals surface area contributed by atoms with Gasteiger partial charge in [0.05, 0.1) is 0 Å². The van der Waals surface area contributed by atoms with Gasteiger partial charge in [0, 0.05) is 12.2 Å². The number of hydrogen-bond acceptors (Lipinski definition) is 5. The number of rotatable bonds is 9. The number of nitrogens with one attached hydrogen (secondary N) is 2. The van der Waals surface area contributed by atoms with Crippen LogP contribution >= 0.6 is 0 Å². The van der Waals surface area contributed by atoms with Crippen LogP contribution in [0.1, 0.15) is 59.6 Å². The molecule has 3 aromatic rings. The maximum atomic E-state index is 14.0. The molecule has 0 aliphatic heterocycles. The number of benzene rings is 3. The molecule has 0 aliphatic carbocycles. The molecule has 0 spiro atoms. The quantitative estimate of drug-likeness (QED) is 0.312. The van der Waals surface area contributed by atoms with Gasteiger partial charge in [-0.15, -0.1) is 0 Å². The zero-order chi connectivity index (χ0) is 28.7. The summed E-state index contributed by atoms with van der Waals surface area (Å²) in [5.41, 5.74) is 0.396. The molecule has 0 fully saturated rings. The van der Waals surface area contributed by atoms with E-state index in [4.69, 9.17) is 4.74 Å². The van der Waals surface area contributed by atoms with Crippen molar-refractivity contribution in [3.05, 3.63) is 72.3 Å². The number of nitrogens with zero attached hydrogens (tertiary/aromatic N) is 1. The average molecular weight is 534 g/mol. The van der Waals surface area contributed by atoms with Crippen molar-refractivity contribution in [2.45, 2.75) is 65.6 Å². The number of carbonyl (C=O) groups excluding carboxylic acids is 3. The van der Waals surface area contributed by atoms with Gasteiger partial charge in [0.2, 0.25) is 5.91 Å².